The monoisotopic (exact) mass is 331 g/mol. The zero-order valence-corrected chi connectivity index (χ0v) is 12.7. The lowest BCUT2D eigenvalue weighted by Gasteiger charge is -2.26. The highest BCUT2D eigenvalue weighted by Gasteiger charge is 2.12. The fourth-order valence-electron chi connectivity index (χ4n) is 1.70. The Morgan fingerprint density at radius 1 is 1.53 bits per heavy atom. The van der Waals surface area contributed by atoms with Gasteiger partial charge in [0, 0.05) is 25.6 Å². The minimum Gasteiger partial charge on any atom is -0.409 e. The van der Waals surface area contributed by atoms with E-state index in [2.05, 4.69) is 39.8 Å². The molecule has 0 aliphatic rings. The molecule has 0 spiro atoms. The van der Waals surface area contributed by atoms with Crippen LogP contribution in [0.5, 0.6) is 0 Å². The second-order valence-electron chi connectivity index (χ2n) is 4.65. The fourth-order valence-corrected chi connectivity index (χ4v) is 2.13. The lowest BCUT2D eigenvalue weighted by molar-refractivity contribution is 0.217. The average molecular weight is 332 g/mol. The molecule has 1 rings (SSSR count). The van der Waals surface area contributed by atoms with Crippen molar-refractivity contribution in [1.29, 1.82) is 0 Å². The number of nitrogens with two attached hydrogens (primary N) is 1. The number of hydrogen-bond donors (Lipinski definition) is 2. The Morgan fingerprint density at radius 3 is 2.74 bits per heavy atom. The van der Waals surface area contributed by atoms with Gasteiger partial charge in [0.25, 0.3) is 0 Å². The second kappa shape index (κ2) is 7.45. The predicted octanol–water partition coefficient (Wildman–Crippen LogP) is 2.94. The summed E-state index contributed by atoms with van der Waals surface area (Å²) in [4.78, 5) is 2.18. The summed E-state index contributed by atoms with van der Waals surface area (Å²) in [6, 6.07) is 5.30. The largest absolute Gasteiger partial charge is 0.409 e. The van der Waals surface area contributed by atoms with Gasteiger partial charge in [-0.3, -0.25) is 4.90 Å². The van der Waals surface area contributed by atoms with E-state index in [1.165, 1.54) is 6.07 Å². The Kier molecular flexibility index (Phi) is 6.24. The molecule has 0 heterocycles. The van der Waals surface area contributed by atoms with E-state index in [1.807, 2.05) is 0 Å². The summed E-state index contributed by atoms with van der Waals surface area (Å²) in [6.45, 7) is 5.52. The molecule has 0 fully saturated rings. The molecule has 1 aromatic carbocycles. The molecule has 6 heteroatoms. The second-order valence-corrected chi connectivity index (χ2v) is 5.51. The number of nitrogens with zero attached hydrogens (tertiary/aromatic N) is 2. The smallest absolute Gasteiger partial charge is 0.140 e. The lowest BCUT2D eigenvalue weighted by Crippen LogP contribution is -2.33. The first-order valence-corrected chi connectivity index (χ1v) is 6.87. The molecule has 0 saturated carbocycles. The van der Waals surface area contributed by atoms with Crippen molar-refractivity contribution in [2.45, 2.75) is 32.9 Å². The van der Waals surface area contributed by atoms with Crippen molar-refractivity contribution in [3.8, 4) is 0 Å². The maximum atomic E-state index is 13.2. The molecule has 0 atom stereocenters. The first-order valence-electron chi connectivity index (χ1n) is 6.08. The molecule has 0 aromatic heterocycles. The Bertz CT molecular complexity index is 452. The molecular weight excluding hydrogens is 313 g/mol. The van der Waals surface area contributed by atoms with Gasteiger partial charge in [-0.05, 0) is 47.5 Å². The predicted molar refractivity (Wildman–Crippen MR) is 77.7 cm³/mol. The van der Waals surface area contributed by atoms with Gasteiger partial charge in [-0.1, -0.05) is 11.2 Å². The molecule has 0 aliphatic carbocycles. The van der Waals surface area contributed by atoms with E-state index in [9.17, 15) is 4.39 Å². The van der Waals surface area contributed by atoms with Crippen molar-refractivity contribution in [1.82, 2.24) is 4.90 Å². The summed E-state index contributed by atoms with van der Waals surface area (Å²) in [5.41, 5.74) is 6.49. The third-order valence-electron chi connectivity index (χ3n) is 2.88. The average Bonchev–Trinajstić information content (AvgIpc) is 2.37. The van der Waals surface area contributed by atoms with Crippen LogP contribution in [0.25, 0.3) is 0 Å². The molecule has 0 aliphatic heterocycles. The minimum atomic E-state index is -0.267. The third-order valence-corrected chi connectivity index (χ3v) is 3.49. The molecule has 3 N–H and O–H groups in total. The number of halogens is 2. The quantitative estimate of drug-likeness (QED) is 0.364. The number of rotatable bonds is 6. The summed E-state index contributed by atoms with van der Waals surface area (Å²) >= 11 is 3.18. The summed E-state index contributed by atoms with van der Waals surface area (Å²) in [5, 5.41) is 11.5. The van der Waals surface area contributed by atoms with Crippen molar-refractivity contribution >= 4 is 21.8 Å². The Labute approximate surface area is 121 Å². The number of oxime groups is 1. The van der Waals surface area contributed by atoms with Gasteiger partial charge in [-0.25, -0.2) is 4.39 Å². The van der Waals surface area contributed by atoms with E-state index in [0.717, 1.165) is 5.56 Å². The first kappa shape index (κ1) is 15.9. The maximum Gasteiger partial charge on any atom is 0.140 e. The van der Waals surface area contributed by atoms with Crippen LogP contribution in [0.15, 0.2) is 27.8 Å². The van der Waals surface area contributed by atoms with Crippen LogP contribution in [0.1, 0.15) is 25.8 Å². The molecule has 0 unspecified atom stereocenters. The molecule has 0 amide bonds. The van der Waals surface area contributed by atoms with Crippen LogP contribution < -0.4 is 5.73 Å². The van der Waals surface area contributed by atoms with Gasteiger partial charge in [0.1, 0.15) is 11.7 Å². The summed E-state index contributed by atoms with van der Waals surface area (Å²) < 4.78 is 13.6. The van der Waals surface area contributed by atoms with Crippen LogP contribution in [-0.2, 0) is 6.54 Å². The van der Waals surface area contributed by atoms with Crippen LogP contribution in [0.2, 0.25) is 0 Å². The number of hydrogen-bond acceptors (Lipinski definition) is 3. The molecule has 1 aromatic rings. The highest BCUT2D eigenvalue weighted by atomic mass is 79.9. The molecule has 0 saturated heterocycles. The lowest BCUT2D eigenvalue weighted by atomic mass is 10.1. The normalized spacial score (nSPS) is 12.4. The summed E-state index contributed by atoms with van der Waals surface area (Å²) in [6.07, 6.45) is 0.497. The van der Waals surface area contributed by atoms with E-state index < -0.39 is 0 Å². The van der Waals surface area contributed by atoms with Crippen molar-refractivity contribution in [3.63, 3.8) is 0 Å². The third kappa shape index (κ3) is 5.16. The number of amidine groups is 1. The van der Waals surface area contributed by atoms with E-state index >= 15 is 0 Å². The fraction of sp³-hybridized carbons (Fsp3) is 0.462. The van der Waals surface area contributed by atoms with Crippen molar-refractivity contribution < 1.29 is 9.60 Å². The van der Waals surface area contributed by atoms with Gasteiger partial charge >= 0.3 is 0 Å². The van der Waals surface area contributed by atoms with E-state index in [1.54, 1.807) is 12.1 Å². The van der Waals surface area contributed by atoms with Gasteiger partial charge in [0.2, 0.25) is 0 Å². The molecule has 0 bridgehead atoms. The van der Waals surface area contributed by atoms with Gasteiger partial charge in [-0.2, -0.15) is 0 Å². The first-order chi connectivity index (χ1) is 8.93. The zero-order chi connectivity index (χ0) is 14.4. The Balaban J connectivity index is 2.70. The highest BCUT2D eigenvalue weighted by Crippen LogP contribution is 2.18. The van der Waals surface area contributed by atoms with Gasteiger partial charge in [-0.15, -0.1) is 0 Å². The SMILES string of the molecule is CC(C)N(CC/C(N)=N/O)Cc1ccc(F)c(Br)c1. The molecular formula is C13H19BrFN3O. The number of benzene rings is 1. The Hall–Kier alpha value is -1.14. The van der Waals surface area contributed by atoms with Crippen LogP contribution in [0.4, 0.5) is 4.39 Å². The topological polar surface area (TPSA) is 61.8 Å². The van der Waals surface area contributed by atoms with Gasteiger partial charge in [0.15, 0.2) is 0 Å². The zero-order valence-electron chi connectivity index (χ0n) is 11.1. The summed E-state index contributed by atoms with van der Waals surface area (Å²) in [5.74, 6) is -0.0533. The van der Waals surface area contributed by atoms with E-state index in [0.29, 0.717) is 30.0 Å². The molecule has 19 heavy (non-hydrogen) atoms. The summed E-state index contributed by atoms with van der Waals surface area (Å²) in [7, 11) is 0. The Morgan fingerprint density at radius 2 is 2.21 bits per heavy atom. The van der Waals surface area contributed by atoms with Crippen LogP contribution >= 0.6 is 15.9 Å². The van der Waals surface area contributed by atoms with Gasteiger partial charge in [0.05, 0.1) is 4.47 Å². The van der Waals surface area contributed by atoms with Gasteiger partial charge < -0.3 is 10.9 Å². The van der Waals surface area contributed by atoms with E-state index in [4.69, 9.17) is 10.9 Å². The molecule has 106 valence electrons. The maximum absolute atomic E-state index is 13.2. The minimum absolute atomic E-state index is 0.214. The molecule has 0 radical (unpaired) electrons. The van der Waals surface area contributed by atoms with Crippen LogP contribution in [0.3, 0.4) is 0 Å². The van der Waals surface area contributed by atoms with Crippen LogP contribution in [0, 0.1) is 5.82 Å². The van der Waals surface area contributed by atoms with Crippen molar-refractivity contribution in [3.05, 3.63) is 34.1 Å². The molecule has 4 nitrogen and oxygen atoms in total. The van der Waals surface area contributed by atoms with E-state index in [-0.39, 0.29) is 11.7 Å². The highest BCUT2D eigenvalue weighted by molar-refractivity contribution is 9.10. The van der Waals surface area contributed by atoms with Crippen molar-refractivity contribution in [2.24, 2.45) is 10.9 Å². The standard InChI is InChI=1S/C13H19BrFN3O/c1-9(2)18(6-5-13(16)17-19)8-10-3-4-12(15)11(14)7-10/h3-4,7,9,19H,5-6,8H2,1-2H3,(H2,16,17). The van der Waals surface area contributed by atoms with Crippen molar-refractivity contribution in [2.75, 3.05) is 6.54 Å². The van der Waals surface area contributed by atoms with Crippen LogP contribution in [-0.4, -0.2) is 28.5 Å².